The molecule has 2 aromatic carbocycles. The summed E-state index contributed by atoms with van der Waals surface area (Å²) in [6.45, 7) is 0. The number of rotatable bonds is 7. The lowest BCUT2D eigenvalue weighted by Gasteiger charge is -2.09. The van der Waals surface area contributed by atoms with E-state index in [1.807, 2.05) is 0 Å². The summed E-state index contributed by atoms with van der Waals surface area (Å²) >= 11 is 1.29. The van der Waals surface area contributed by atoms with Gasteiger partial charge in [-0.05, 0) is 12.1 Å². The van der Waals surface area contributed by atoms with Crippen LogP contribution in [0.3, 0.4) is 0 Å². The number of carbonyl (C=O) groups excluding carboxylic acids is 1. The Labute approximate surface area is 143 Å². The molecular weight excluding hydrogens is 332 g/mol. The lowest BCUT2D eigenvalue weighted by Crippen LogP contribution is -2.14. The molecule has 2 aromatic rings. The molecule has 0 unspecified atom stereocenters. The number of carbonyl (C=O) groups is 1. The second kappa shape index (κ2) is 8.21. The molecule has 0 fully saturated rings. The van der Waals surface area contributed by atoms with Gasteiger partial charge in [0.05, 0.1) is 24.9 Å². The van der Waals surface area contributed by atoms with Crippen LogP contribution in [-0.2, 0) is 4.79 Å². The Kier molecular flexibility index (Phi) is 6.02. The maximum Gasteiger partial charge on any atom is 0.269 e. The predicted molar refractivity (Wildman–Crippen MR) is 92.0 cm³/mol. The lowest BCUT2D eigenvalue weighted by molar-refractivity contribution is -0.384. The Balaban J connectivity index is 1.94. The third-order valence-corrected chi connectivity index (χ3v) is 4.06. The summed E-state index contributed by atoms with van der Waals surface area (Å²) in [7, 11) is 3.07. The number of thioether (sulfide) groups is 1. The van der Waals surface area contributed by atoms with Crippen molar-refractivity contribution in [1.82, 2.24) is 0 Å². The maximum absolute atomic E-state index is 12.0. The number of non-ortho nitro benzene ring substituents is 1. The predicted octanol–water partition coefficient (Wildman–Crippen LogP) is 3.34. The van der Waals surface area contributed by atoms with Gasteiger partial charge in [0, 0.05) is 40.9 Å². The van der Waals surface area contributed by atoms with Gasteiger partial charge in [-0.15, -0.1) is 11.8 Å². The van der Waals surface area contributed by atoms with Crippen molar-refractivity contribution in [3.8, 4) is 11.5 Å². The summed E-state index contributed by atoms with van der Waals surface area (Å²) in [5.74, 6) is 1.13. The summed E-state index contributed by atoms with van der Waals surface area (Å²) in [5, 5.41) is 13.4. The third kappa shape index (κ3) is 4.88. The van der Waals surface area contributed by atoms with Gasteiger partial charge >= 0.3 is 0 Å². The van der Waals surface area contributed by atoms with Crippen molar-refractivity contribution in [2.75, 3.05) is 25.3 Å². The smallest absolute Gasteiger partial charge is 0.269 e. The fraction of sp³-hybridized carbons (Fsp3) is 0.188. The van der Waals surface area contributed by atoms with Gasteiger partial charge in [0.1, 0.15) is 11.5 Å². The Morgan fingerprint density at radius 1 is 1.12 bits per heavy atom. The van der Waals surface area contributed by atoms with Gasteiger partial charge in [-0.3, -0.25) is 14.9 Å². The molecule has 0 aromatic heterocycles. The van der Waals surface area contributed by atoms with Gasteiger partial charge in [0.15, 0.2) is 0 Å². The van der Waals surface area contributed by atoms with Crippen LogP contribution in [-0.4, -0.2) is 30.8 Å². The molecule has 0 saturated carbocycles. The van der Waals surface area contributed by atoms with Crippen LogP contribution in [0.25, 0.3) is 0 Å². The van der Waals surface area contributed by atoms with Crippen LogP contribution in [0, 0.1) is 10.1 Å². The number of hydrogen-bond acceptors (Lipinski definition) is 6. The Bertz CT molecular complexity index is 711. The summed E-state index contributed by atoms with van der Waals surface area (Å²) in [4.78, 5) is 23.0. The molecule has 0 heterocycles. The van der Waals surface area contributed by atoms with E-state index >= 15 is 0 Å². The average molecular weight is 348 g/mol. The Morgan fingerprint density at radius 3 is 2.21 bits per heavy atom. The number of hydrogen-bond donors (Lipinski definition) is 1. The average Bonchev–Trinajstić information content (AvgIpc) is 2.59. The molecule has 0 bridgehead atoms. The zero-order valence-electron chi connectivity index (χ0n) is 13.1. The number of ether oxygens (including phenoxy) is 2. The van der Waals surface area contributed by atoms with Crippen molar-refractivity contribution in [3.05, 3.63) is 52.6 Å². The van der Waals surface area contributed by atoms with Crippen molar-refractivity contribution >= 4 is 29.0 Å². The molecule has 8 heteroatoms. The molecule has 0 radical (unpaired) electrons. The number of anilines is 1. The molecule has 1 amide bonds. The minimum absolute atomic E-state index is 0.0206. The number of nitro groups is 1. The lowest BCUT2D eigenvalue weighted by atomic mass is 10.2. The first kappa shape index (κ1) is 17.6. The monoisotopic (exact) mass is 348 g/mol. The number of methoxy groups -OCH3 is 2. The molecule has 126 valence electrons. The fourth-order valence-corrected chi connectivity index (χ4v) is 2.59. The van der Waals surface area contributed by atoms with E-state index in [0.29, 0.717) is 17.2 Å². The van der Waals surface area contributed by atoms with Crippen LogP contribution in [0.4, 0.5) is 11.4 Å². The van der Waals surface area contributed by atoms with E-state index < -0.39 is 4.92 Å². The standard InChI is InChI=1S/C16H16N2O5S/c1-22-13-7-11(8-14(9-13)23-2)17-16(19)10-24-15-5-3-12(4-6-15)18(20)21/h3-9H,10H2,1-2H3,(H,17,19). The summed E-state index contributed by atoms with van der Waals surface area (Å²) in [6, 6.07) is 11.1. The van der Waals surface area contributed by atoms with Crippen LogP contribution in [0.5, 0.6) is 11.5 Å². The molecule has 0 atom stereocenters. The summed E-state index contributed by atoms with van der Waals surface area (Å²) in [6.07, 6.45) is 0. The van der Waals surface area contributed by atoms with Gasteiger partial charge in [-0.1, -0.05) is 0 Å². The zero-order chi connectivity index (χ0) is 17.5. The molecule has 24 heavy (non-hydrogen) atoms. The maximum atomic E-state index is 12.0. The molecule has 0 saturated heterocycles. The Morgan fingerprint density at radius 2 is 1.71 bits per heavy atom. The van der Waals surface area contributed by atoms with Crippen LogP contribution >= 0.6 is 11.8 Å². The zero-order valence-corrected chi connectivity index (χ0v) is 14.0. The largest absolute Gasteiger partial charge is 0.497 e. The highest BCUT2D eigenvalue weighted by Gasteiger charge is 2.08. The second-order valence-electron chi connectivity index (χ2n) is 4.69. The van der Waals surface area contributed by atoms with E-state index in [1.165, 1.54) is 38.1 Å². The number of nitrogens with one attached hydrogen (secondary N) is 1. The van der Waals surface area contributed by atoms with Crippen molar-refractivity contribution in [1.29, 1.82) is 0 Å². The molecule has 0 aliphatic heterocycles. The van der Waals surface area contributed by atoms with E-state index in [4.69, 9.17) is 9.47 Å². The van der Waals surface area contributed by atoms with Crippen molar-refractivity contribution in [2.45, 2.75) is 4.90 Å². The van der Waals surface area contributed by atoms with Gasteiger partial charge < -0.3 is 14.8 Å². The summed E-state index contributed by atoms with van der Waals surface area (Å²) in [5.41, 5.74) is 0.591. The molecule has 7 nitrogen and oxygen atoms in total. The van der Waals surface area contributed by atoms with Gasteiger partial charge in [-0.25, -0.2) is 0 Å². The highest BCUT2D eigenvalue weighted by molar-refractivity contribution is 8.00. The van der Waals surface area contributed by atoms with E-state index in [9.17, 15) is 14.9 Å². The molecular formula is C16H16N2O5S. The highest BCUT2D eigenvalue weighted by atomic mass is 32.2. The van der Waals surface area contributed by atoms with Crippen molar-refractivity contribution in [2.24, 2.45) is 0 Å². The number of nitro benzene ring substituents is 1. The van der Waals surface area contributed by atoms with E-state index in [1.54, 1.807) is 30.3 Å². The van der Waals surface area contributed by atoms with Crippen LogP contribution in [0.2, 0.25) is 0 Å². The number of amides is 1. The van der Waals surface area contributed by atoms with E-state index in [2.05, 4.69) is 5.32 Å². The minimum Gasteiger partial charge on any atom is -0.497 e. The van der Waals surface area contributed by atoms with Gasteiger partial charge in [-0.2, -0.15) is 0 Å². The first-order valence-electron chi connectivity index (χ1n) is 6.92. The third-order valence-electron chi connectivity index (χ3n) is 3.05. The molecule has 2 rings (SSSR count). The van der Waals surface area contributed by atoms with Crippen LogP contribution < -0.4 is 14.8 Å². The van der Waals surface area contributed by atoms with E-state index in [-0.39, 0.29) is 17.3 Å². The quantitative estimate of drug-likeness (QED) is 0.469. The SMILES string of the molecule is COc1cc(NC(=O)CSc2ccc([N+](=O)[O-])cc2)cc(OC)c1. The van der Waals surface area contributed by atoms with Crippen LogP contribution in [0.1, 0.15) is 0 Å². The topological polar surface area (TPSA) is 90.7 Å². The molecule has 0 aliphatic rings. The minimum atomic E-state index is -0.461. The summed E-state index contributed by atoms with van der Waals surface area (Å²) < 4.78 is 10.3. The van der Waals surface area contributed by atoms with Crippen molar-refractivity contribution < 1.29 is 19.2 Å². The second-order valence-corrected chi connectivity index (χ2v) is 5.74. The molecule has 0 spiro atoms. The van der Waals surface area contributed by atoms with E-state index in [0.717, 1.165) is 4.90 Å². The number of benzene rings is 2. The fourth-order valence-electron chi connectivity index (χ4n) is 1.89. The first-order chi connectivity index (χ1) is 11.5. The van der Waals surface area contributed by atoms with Crippen molar-refractivity contribution in [3.63, 3.8) is 0 Å². The highest BCUT2D eigenvalue weighted by Crippen LogP contribution is 2.26. The van der Waals surface area contributed by atoms with Gasteiger partial charge in [0.2, 0.25) is 5.91 Å². The normalized spacial score (nSPS) is 10.1. The molecule has 1 N–H and O–H groups in total. The van der Waals surface area contributed by atoms with Gasteiger partial charge in [0.25, 0.3) is 5.69 Å². The molecule has 0 aliphatic carbocycles. The Hall–Kier alpha value is -2.74. The number of nitrogens with zero attached hydrogens (tertiary/aromatic N) is 1. The first-order valence-corrected chi connectivity index (χ1v) is 7.90. The van der Waals surface area contributed by atoms with Crippen LogP contribution in [0.15, 0.2) is 47.4 Å².